The lowest BCUT2D eigenvalue weighted by molar-refractivity contribution is 0.306. The average molecular weight is 702 g/mol. The van der Waals surface area contributed by atoms with Crippen molar-refractivity contribution >= 4 is 42.9 Å². The molecule has 6 aromatic rings. The minimum Gasteiger partial charge on any atom is -0.489 e. The van der Waals surface area contributed by atoms with Gasteiger partial charge in [-0.2, -0.15) is 0 Å². The van der Waals surface area contributed by atoms with Crippen LogP contribution in [0.3, 0.4) is 0 Å². The van der Waals surface area contributed by atoms with Crippen LogP contribution in [-0.2, 0) is 26.3 Å². The van der Waals surface area contributed by atoms with Gasteiger partial charge in [-0.3, -0.25) is 0 Å². The molecule has 0 aliphatic heterocycles. The molecule has 6 aromatic carbocycles. The fourth-order valence-corrected chi connectivity index (χ4v) is 7.49. The SMILES string of the molecule is O=S(=O)(c1ccc(Cl)cc1)c1ccc(OCc2ccc(-c3ccc(Oc4ccc(S(=O)(=O)c5ccc(Cl)cc5)cc4)cc3)cc2)cc1. The quantitative estimate of drug-likeness (QED) is 0.141. The van der Waals surface area contributed by atoms with Gasteiger partial charge in [-0.15, -0.1) is 0 Å². The summed E-state index contributed by atoms with van der Waals surface area (Å²) in [4.78, 5) is 0.679. The molecule has 6 nitrogen and oxygen atoms in total. The zero-order chi connectivity index (χ0) is 33.0. The number of rotatable bonds is 10. The van der Waals surface area contributed by atoms with Crippen molar-refractivity contribution in [1.29, 1.82) is 0 Å². The van der Waals surface area contributed by atoms with Gasteiger partial charge in [0.15, 0.2) is 0 Å². The van der Waals surface area contributed by atoms with Gasteiger partial charge in [-0.05, 0) is 126 Å². The monoisotopic (exact) mass is 700 g/mol. The molecule has 0 aliphatic rings. The van der Waals surface area contributed by atoms with Crippen molar-refractivity contribution < 1.29 is 26.3 Å². The van der Waals surface area contributed by atoms with E-state index in [4.69, 9.17) is 32.7 Å². The second kappa shape index (κ2) is 13.6. The summed E-state index contributed by atoms with van der Waals surface area (Å²) in [6.45, 7) is 0.316. The Morgan fingerprint density at radius 3 is 1.13 bits per heavy atom. The van der Waals surface area contributed by atoms with Crippen LogP contribution in [0.25, 0.3) is 11.1 Å². The summed E-state index contributed by atoms with van der Waals surface area (Å²) in [6.07, 6.45) is 0. The van der Waals surface area contributed by atoms with Crippen molar-refractivity contribution in [2.24, 2.45) is 0 Å². The third-order valence-corrected chi connectivity index (χ3v) is 11.4. The van der Waals surface area contributed by atoms with Crippen LogP contribution in [0.2, 0.25) is 10.0 Å². The molecule has 0 N–H and O–H groups in total. The van der Waals surface area contributed by atoms with Gasteiger partial charge in [-0.25, -0.2) is 16.8 Å². The normalized spacial score (nSPS) is 11.6. The first kappa shape index (κ1) is 32.3. The Morgan fingerprint density at radius 2 is 0.723 bits per heavy atom. The molecule has 0 spiro atoms. The number of benzene rings is 6. The molecule has 0 aromatic heterocycles. The van der Waals surface area contributed by atoms with Gasteiger partial charge in [0, 0.05) is 10.0 Å². The third kappa shape index (κ3) is 7.53. The zero-order valence-corrected chi connectivity index (χ0v) is 27.7. The Hall–Kier alpha value is -4.60. The lowest BCUT2D eigenvalue weighted by Crippen LogP contribution is -2.02. The second-order valence-electron chi connectivity index (χ2n) is 10.5. The summed E-state index contributed by atoms with van der Waals surface area (Å²) in [5.41, 5.74) is 2.95. The van der Waals surface area contributed by atoms with E-state index >= 15 is 0 Å². The van der Waals surface area contributed by atoms with Crippen LogP contribution in [-0.4, -0.2) is 16.8 Å². The highest BCUT2D eigenvalue weighted by molar-refractivity contribution is 7.91. The highest BCUT2D eigenvalue weighted by Crippen LogP contribution is 2.29. The minimum absolute atomic E-state index is 0.162. The lowest BCUT2D eigenvalue weighted by Gasteiger charge is -2.10. The van der Waals surface area contributed by atoms with E-state index in [1.807, 2.05) is 48.5 Å². The zero-order valence-electron chi connectivity index (χ0n) is 24.6. The van der Waals surface area contributed by atoms with E-state index in [1.54, 1.807) is 48.5 Å². The second-order valence-corrected chi connectivity index (χ2v) is 15.2. The molecule has 0 saturated carbocycles. The summed E-state index contributed by atoms with van der Waals surface area (Å²) in [5, 5.41) is 0.936. The topological polar surface area (TPSA) is 86.7 Å². The smallest absolute Gasteiger partial charge is 0.206 e. The minimum atomic E-state index is -3.66. The van der Waals surface area contributed by atoms with Crippen molar-refractivity contribution in [1.82, 2.24) is 0 Å². The summed E-state index contributed by atoms with van der Waals surface area (Å²) < 4.78 is 63.3. The van der Waals surface area contributed by atoms with Crippen LogP contribution in [0.15, 0.2) is 165 Å². The standard InChI is InChI=1S/C37H26Cl2O6S2/c38-29-7-17-34(18-8-29)46(40,41)36-21-13-31(14-22-36)44-25-26-1-3-27(4-2-26)28-5-11-32(12-6-28)45-33-15-23-37(24-16-33)47(42,43)35-19-9-30(39)10-20-35/h1-24H,25H2. The number of halogens is 2. The average Bonchev–Trinajstić information content (AvgIpc) is 3.09. The molecule has 6 rings (SSSR count). The number of hydrogen-bond acceptors (Lipinski definition) is 6. The van der Waals surface area contributed by atoms with Crippen LogP contribution < -0.4 is 9.47 Å². The Morgan fingerprint density at radius 1 is 0.404 bits per heavy atom. The van der Waals surface area contributed by atoms with E-state index < -0.39 is 19.7 Å². The van der Waals surface area contributed by atoms with E-state index in [0.717, 1.165) is 16.7 Å². The molecule has 0 fully saturated rings. The maximum Gasteiger partial charge on any atom is 0.206 e. The highest BCUT2D eigenvalue weighted by atomic mass is 35.5. The highest BCUT2D eigenvalue weighted by Gasteiger charge is 2.18. The molecule has 10 heteroatoms. The van der Waals surface area contributed by atoms with Crippen molar-refractivity contribution in [2.75, 3.05) is 0 Å². The van der Waals surface area contributed by atoms with E-state index in [1.165, 1.54) is 48.5 Å². The summed E-state index contributed by atoms with van der Waals surface area (Å²) in [5.74, 6) is 1.67. The maximum absolute atomic E-state index is 12.9. The molecule has 47 heavy (non-hydrogen) atoms. The van der Waals surface area contributed by atoms with Gasteiger partial charge < -0.3 is 9.47 Å². The van der Waals surface area contributed by atoms with Crippen molar-refractivity contribution in [3.63, 3.8) is 0 Å². The van der Waals surface area contributed by atoms with Crippen LogP contribution in [0.5, 0.6) is 17.2 Å². The fraction of sp³-hybridized carbons (Fsp3) is 0.0270. The molecule has 0 radical (unpaired) electrons. The summed E-state index contributed by atoms with van der Waals surface area (Å²) in [7, 11) is -7.32. The Bertz CT molecular complexity index is 2200. The van der Waals surface area contributed by atoms with Gasteiger partial charge in [0.05, 0.1) is 19.6 Å². The molecule has 0 aliphatic carbocycles. The fourth-order valence-electron chi connectivity index (χ4n) is 4.71. The Kier molecular flexibility index (Phi) is 9.38. The Balaban J connectivity index is 1.04. The summed E-state index contributed by atoms with van der Waals surface area (Å²) in [6, 6.07) is 40.2. The predicted molar refractivity (Wildman–Crippen MR) is 183 cm³/mol. The van der Waals surface area contributed by atoms with Crippen molar-refractivity contribution in [2.45, 2.75) is 26.2 Å². The molecule has 0 atom stereocenters. The lowest BCUT2D eigenvalue weighted by atomic mass is 10.0. The van der Waals surface area contributed by atoms with Crippen molar-refractivity contribution in [3.05, 3.63) is 161 Å². The molecular formula is C37H26Cl2O6S2. The molecular weight excluding hydrogens is 675 g/mol. The van der Waals surface area contributed by atoms with Crippen LogP contribution in [0.1, 0.15) is 5.56 Å². The first-order valence-electron chi connectivity index (χ1n) is 14.3. The van der Waals surface area contributed by atoms with Crippen LogP contribution >= 0.6 is 23.2 Å². The summed E-state index contributed by atoms with van der Waals surface area (Å²) >= 11 is 11.8. The predicted octanol–water partition coefficient (Wildman–Crippen LogP) is 9.70. The van der Waals surface area contributed by atoms with E-state index in [0.29, 0.717) is 33.9 Å². The number of ether oxygens (including phenoxy) is 2. The largest absolute Gasteiger partial charge is 0.489 e. The molecule has 0 heterocycles. The Labute approximate surface area is 283 Å². The molecule has 236 valence electrons. The number of hydrogen-bond donors (Lipinski definition) is 0. The van der Waals surface area contributed by atoms with E-state index in [9.17, 15) is 16.8 Å². The van der Waals surface area contributed by atoms with E-state index in [2.05, 4.69) is 0 Å². The molecule has 0 bridgehead atoms. The van der Waals surface area contributed by atoms with Gasteiger partial charge in [0.2, 0.25) is 19.7 Å². The van der Waals surface area contributed by atoms with Crippen LogP contribution in [0, 0.1) is 0 Å². The van der Waals surface area contributed by atoms with Gasteiger partial charge in [0.1, 0.15) is 23.9 Å². The molecule has 0 saturated heterocycles. The molecule has 0 amide bonds. The van der Waals surface area contributed by atoms with Crippen LogP contribution in [0.4, 0.5) is 0 Å². The van der Waals surface area contributed by atoms with E-state index in [-0.39, 0.29) is 19.6 Å². The maximum atomic E-state index is 12.9. The third-order valence-electron chi connectivity index (χ3n) is 7.30. The van der Waals surface area contributed by atoms with Gasteiger partial charge in [-0.1, -0.05) is 59.6 Å². The van der Waals surface area contributed by atoms with Gasteiger partial charge in [0.25, 0.3) is 0 Å². The first-order valence-corrected chi connectivity index (χ1v) is 18.0. The molecule has 0 unspecified atom stereocenters. The van der Waals surface area contributed by atoms with Crippen molar-refractivity contribution in [3.8, 4) is 28.4 Å². The first-order chi connectivity index (χ1) is 22.6. The number of sulfone groups is 2. The van der Waals surface area contributed by atoms with Gasteiger partial charge >= 0.3 is 0 Å².